The molecule has 0 aromatic heterocycles. The maximum atomic E-state index is 13.3. The molecule has 2 rings (SSSR count). The quantitative estimate of drug-likeness (QED) is 0.615. The van der Waals surface area contributed by atoms with Crippen molar-refractivity contribution in [2.75, 3.05) is 19.0 Å². The van der Waals surface area contributed by atoms with Crippen LogP contribution in [0.4, 0.5) is 4.39 Å². The van der Waals surface area contributed by atoms with Gasteiger partial charge in [0, 0.05) is 11.5 Å². The van der Waals surface area contributed by atoms with E-state index in [1.165, 1.54) is 6.07 Å². The highest BCUT2D eigenvalue weighted by molar-refractivity contribution is 8.00. The maximum Gasteiger partial charge on any atom is 0.316 e. The van der Waals surface area contributed by atoms with Gasteiger partial charge in [0.25, 0.3) is 0 Å². The van der Waals surface area contributed by atoms with E-state index in [1.807, 2.05) is 0 Å². The van der Waals surface area contributed by atoms with Crippen molar-refractivity contribution in [3.05, 3.63) is 30.1 Å². The third-order valence-corrected chi connectivity index (χ3v) is 3.91. The summed E-state index contributed by atoms with van der Waals surface area (Å²) in [6, 6.07) is 6.39. The summed E-state index contributed by atoms with van der Waals surface area (Å²) in [7, 11) is 0. The molecular weight excluding hydrogens is 267 g/mol. The molecule has 0 saturated carbocycles. The molecule has 1 unspecified atom stereocenters. The Kier molecular flexibility index (Phi) is 5.66. The van der Waals surface area contributed by atoms with Gasteiger partial charge in [-0.25, -0.2) is 4.39 Å². The molecule has 0 amide bonds. The average Bonchev–Trinajstić information content (AvgIpc) is 2.45. The summed E-state index contributed by atoms with van der Waals surface area (Å²) in [6.07, 6.45) is 3.16. The van der Waals surface area contributed by atoms with E-state index in [0.29, 0.717) is 11.5 Å². The van der Waals surface area contributed by atoms with Gasteiger partial charge in [-0.1, -0.05) is 12.1 Å². The predicted octanol–water partition coefficient (Wildman–Crippen LogP) is 3.03. The number of halogens is 1. The molecule has 0 bridgehead atoms. The summed E-state index contributed by atoms with van der Waals surface area (Å²) >= 11 is 1.15. The first-order valence-corrected chi connectivity index (χ1v) is 7.39. The van der Waals surface area contributed by atoms with Crippen LogP contribution in [-0.2, 0) is 14.3 Å². The first kappa shape index (κ1) is 14.3. The van der Waals surface area contributed by atoms with Crippen molar-refractivity contribution < 1.29 is 18.7 Å². The zero-order valence-electron chi connectivity index (χ0n) is 10.6. The van der Waals surface area contributed by atoms with E-state index in [9.17, 15) is 9.18 Å². The van der Waals surface area contributed by atoms with Crippen LogP contribution in [0.25, 0.3) is 0 Å². The molecule has 1 atom stereocenters. The fourth-order valence-corrected chi connectivity index (χ4v) is 2.60. The van der Waals surface area contributed by atoms with Crippen LogP contribution in [0.1, 0.15) is 19.3 Å². The van der Waals surface area contributed by atoms with Gasteiger partial charge in [0.05, 0.1) is 11.9 Å². The molecule has 1 heterocycles. The van der Waals surface area contributed by atoms with Crippen molar-refractivity contribution in [1.82, 2.24) is 0 Å². The average molecular weight is 284 g/mol. The van der Waals surface area contributed by atoms with Crippen molar-refractivity contribution in [1.29, 1.82) is 0 Å². The van der Waals surface area contributed by atoms with Crippen molar-refractivity contribution in [2.24, 2.45) is 0 Å². The van der Waals surface area contributed by atoms with Crippen molar-refractivity contribution in [3.63, 3.8) is 0 Å². The van der Waals surface area contributed by atoms with Crippen LogP contribution in [0.15, 0.2) is 29.2 Å². The molecule has 0 N–H and O–H groups in total. The smallest absolute Gasteiger partial charge is 0.316 e. The normalized spacial score (nSPS) is 19.1. The van der Waals surface area contributed by atoms with Gasteiger partial charge in [-0.05, 0) is 31.4 Å². The number of hydrogen-bond acceptors (Lipinski definition) is 4. The summed E-state index contributed by atoms with van der Waals surface area (Å²) in [5, 5.41) is 0. The van der Waals surface area contributed by atoms with Gasteiger partial charge >= 0.3 is 5.97 Å². The van der Waals surface area contributed by atoms with Crippen LogP contribution in [0.2, 0.25) is 0 Å². The monoisotopic (exact) mass is 284 g/mol. The Bertz CT molecular complexity index is 419. The van der Waals surface area contributed by atoms with Crippen molar-refractivity contribution in [2.45, 2.75) is 30.3 Å². The highest BCUT2D eigenvalue weighted by atomic mass is 32.2. The third-order valence-electron chi connectivity index (χ3n) is 2.89. The minimum absolute atomic E-state index is 0.0242. The molecule has 1 saturated heterocycles. The Hall–Kier alpha value is -1.07. The molecule has 0 radical (unpaired) electrons. The Labute approximate surface area is 116 Å². The largest absolute Gasteiger partial charge is 0.462 e. The molecule has 1 aliphatic heterocycles. The fourth-order valence-electron chi connectivity index (χ4n) is 1.86. The summed E-state index contributed by atoms with van der Waals surface area (Å²) in [5.41, 5.74) is 0. The second-order valence-corrected chi connectivity index (χ2v) is 5.41. The second-order valence-electron chi connectivity index (χ2n) is 4.39. The lowest BCUT2D eigenvalue weighted by molar-refractivity contribution is -0.145. The lowest BCUT2D eigenvalue weighted by Crippen LogP contribution is -2.26. The molecule has 1 fully saturated rings. The molecule has 5 heteroatoms. The minimum Gasteiger partial charge on any atom is -0.462 e. The molecule has 104 valence electrons. The first-order chi connectivity index (χ1) is 9.25. The summed E-state index contributed by atoms with van der Waals surface area (Å²) in [5.74, 6) is -0.522. The molecule has 1 aromatic rings. The van der Waals surface area contributed by atoms with Crippen LogP contribution in [0.5, 0.6) is 0 Å². The van der Waals surface area contributed by atoms with E-state index in [4.69, 9.17) is 9.47 Å². The molecule has 1 aliphatic rings. The molecular formula is C14H17FO3S. The van der Waals surface area contributed by atoms with Gasteiger partial charge in [0.15, 0.2) is 0 Å². The zero-order chi connectivity index (χ0) is 13.5. The SMILES string of the molecule is O=C(CSc1ccccc1F)OCC1CCCCO1. The molecule has 3 nitrogen and oxygen atoms in total. The molecule has 0 spiro atoms. The predicted molar refractivity (Wildman–Crippen MR) is 71.7 cm³/mol. The van der Waals surface area contributed by atoms with Crippen LogP contribution in [0.3, 0.4) is 0 Å². The Morgan fingerprint density at radius 2 is 2.26 bits per heavy atom. The fraction of sp³-hybridized carbons (Fsp3) is 0.500. The van der Waals surface area contributed by atoms with E-state index in [0.717, 1.165) is 37.6 Å². The zero-order valence-corrected chi connectivity index (χ0v) is 11.5. The highest BCUT2D eigenvalue weighted by Gasteiger charge is 2.16. The van der Waals surface area contributed by atoms with Gasteiger partial charge in [-0.15, -0.1) is 11.8 Å². The number of ether oxygens (including phenoxy) is 2. The Balaban J connectivity index is 1.68. The minimum atomic E-state index is -0.331. The van der Waals surface area contributed by atoms with Gasteiger partial charge in [-0.2, -0.15) is 0 Å². The topological polar surface area (TPSA) is 35.5 Å². The van der Waals surface area contributed by atoms with Gasteiger partial charge < -0.3 is 9.47 Å². The maximum absolute atomic E-state index is 13.3. The standard InChI is InChI=1S/C14H17FO3S/c15-12-6-1-2-7-13(12)19-10-14(16)18-9-11-5-3-4-8-17-11/h1-2,6-7,11H,3-5,8-10H2. The van der Waals surface area contributed by atoms with Crippen LogP contribution in [0, 0.1) is 5.82 Å². The van der Waals surface area contributed by atoms with E-state index in [1.54, 1.807) is 18.2 Å². The number of hydrogen-bond donors (Lipinski definition) is 0. The van der Waals surface area contributed by atoms with Crippen LogP contribution >= 0.6 is 11.8 Å². The lowest BCUT2D eigenvalue weighted by Gasteiger charge is -2.21. The van der Waals surface area contributed by atoms with Gasteiger partial charge in [-0.3, -0.25) is 4.79 Å². The molecule has 1 aromatic carbocycles. The number of rotatable bonds is 5. The van der Waals surface area contributed by atoms with Crippen molar-refractivity contribution >= 4 is 17.7 Å². The Morgan fingerprint density at radius 1 is 1.42 bits per heavy atom. The second kappa shape index (κ2) is 7.50. The molecule has 19 heavy (non-hydrogen) atoms. The van der Waals surface area contributed by atoms with Crippen molar-refractivity contribution in [3.8, 4) is 0 Å². The van der Waals surface area contributed by atoms with Gasteiger partial charge in [0.2, 0.25) is 0 Å². The van der Waals surface area contributed by atoms with E-state index >= 15 is 0 Å². The summed E-state index contributed by atoms with van der Waals surface area (Å²) < 4.78 is 23.9. The lowest BCUT2D eigenvalue weighted by atomic mass is 10.1. The summed E-state index contributed by atoms with van der Waals surface area (Å²) in [4.78, 5) is 12.0. The number of esters is 1. The number of carbonyl (C=O) groups excluding carboxylic acids is 1. The molecule has 0 aliphatic carbocycles. The van der Waals surface area contributed by atoms with Crippen LogP contribution < -0.4 is 0 Å². The van der Waals surface area contributed by atoms with E-state index < -0.39 is 0 Å². The number of benzene rings is 1. The van der Waals surface area contributed by atoms with E-state index in [2.05, 4.69) is 0 Å². The summed E-state index contributed by atoms with van der Waals surface area (Å²) in [6.45, 7) is 1.04. The van der Waals surface area contributed by atoms with E-state index in [-0.39, 0.29) is 23.6 Å². The van der Waals surface area contributed by atoms with Gasteiger partial charge in [0.1, 0.15) is 12.4 Å². The van der Waals surface area contributed by atoms with Crippen LogP contribution in [-0.4, -0.2) is 31.0 Å². The highest BCUT2D eigenvalue weighted by Crippen LogP contribution is 2.21. The first-order valence-electron chi connectivity index (χ1n) is 6.40. The third kappa shape index (κ3) is 4.84. The number of carbonyl (C=O) groups is 1. The Morgan fingerprint density at radius 3 is 3.00 bits per heavy atom. The number of thioether (sulfide) groups is 1.